The molecule has 0 radical (unpaired) electrons. The van der Waals surface area contributed by atoms with Crippen LogP contribution in [-0.4, -0.2) is 25.2 Å². The van der Waals surface area contributed by atoms with E-state index in [9.17, 15) is 0 Å². The molecule has 0 amide bonds. The molecular formula is C6H12N2. The fourth-order valence-corrected chi connectivity index (χ4v) is 0.270. The van der Waals surface area contributed by atoms with Gasteiger partial charge in [0.15, 0.2) is 0 Å². The molecule has 0 aliphatic heterocycles. The Bertz CT molecular complexity index is 103. The zero-order valence-electron chi connectivity index (χ0n) is 5.60. The molecule has 1 N–H and O–H groups in total. The van der Waals surface area contributed by atoms with Crippen LogP contribution in [0.25, 0.3) is 0 Å². The van der Waals surface area contributed by atoms with Crippen molar-refractivity contribution >= 4 is 6.21 Å². The molecule has 0 saturated carbocycles. The largest absolute Gasteiger partial charge is 0.381 e. The smallest absolute Gasteiger partial charge is 0.0194 e. The van der Waals surface area contributed by atoms with E-state index < -0.39 is 0 Å². The molecule has 46 valence electrons. The predicted molar refractivity (Wildman–Crippen MR) is 36.2 cm³/mol. The highest BCUT2D eigenvalue weighted by Gasteiger charge is 1.84. The van der Waals surface area contributed by atoms with Gasteiger partial charge >= 0.3 is 0 Å². The first-order chi connectivity index (χ1) is 3.68. The van der Waals surface area contributed by atoms with Crippen molar-refractivity contribution in [2.24, 2.45) is 0 Å². The zero-order valence-corrected chi connectivity index (χ0v) is 5.60. The lowest BCUT2D eigenvalue weighted by molar-refractivity contribution is 0.515. The molecule has 0 fully saturated rings. The third-order valence-corrected chi connectivity index (χ3v) is 1.03. The third-order valence-electron chi connectivity index (χ3n) is 1.03. The Hall–Kier alpha value is -0.790. The van der Waals surface area contributed by atoms with Gasteiger partial charge < -0.3 is 10.3 Å². The van der Waals surface area contributed by atoms with Crippen LogP contribution in [0.5, 0.6) is 0 Å². The summed E-state index contributed by atoms with van der Waals surface area (Å²) >= 11 is 0. The van der Waals surface area contributed by atoms with Crippen LogP contribution >= 0.6 is 0 Å². The molecule has 8 heavy (non-hydrogen) atoms. The summed E-state index contributed by atoms with van der Waals surface area (Å²) in [5.74, 6) is 0. The van der Waals surface area contributed by atoms with Gasteiger partial charge in [0, 0.05) is 26.0 Å². The van der Waals surface area contributed by atoms with Crippen molar-refractivity contribution in [3.63, 3.8) is 0 Å². The molecule has 0 saturated heterocycles. The summed E-state index contributed by atoms with van der Waals surface area (Å²) < 4.78 is 0. The van der Waals surface area contributed by atoms with Crippen molar-refractivity contribution in [1.29, 1.82) is 5.41 Å². The van der Waals surface area contributed by atoms with Gasteiger partial charge in [-0.15, -0.1) is 0 Å². The van der Waals surface area contributed by atoms with Crippen LogP contribution in [0.15, 0.2) is 11.8 Å². The third kappa shape index (κ3) is 2.39. The maximum atomic E-state index is 6.70. The summed E-state index contributed by atoms with van der Waals surface area (Å²) in [6.07, 6.45) is 3.04. The first-order valence-electron chi connectivity index (χ1n) is 2.53. The first kappa shape index (κ1) is 7.21. The van der Waals surface area contributed by atoms with Crippen molar-refractivity contribution in [3.05, 3.63) is 11.8 Å². The molecule has 0 aromatic carbocycles. The zero-order chi connectivity index (χ0) is 6.57. The van der Waals surface area contributed by atoms with E-state index >= 15 is 0 Å². The van der Waals surface area contributed by atoms with Crippen LogP contribution in [0.4, 0.5) is 0 Å². The standard InChI is InChI=1S/C6H12N2/c1-6(4-5-7)8(2)3/h4-5,7H,1-3H3/b6-4-,7-5?. The van der Waals surface area contributed by atoms with Gasteiger partial charge in [-0.1, -0.05) is 0 Å². The Morgan fingerprint density at radius 2 is 2.00 bits per heavy atom. The summed E-state index contributed by atoms with van der Waals surface area (Å²) in [4.78, 5) is 1.96. The summed E-state index contributed by atoms with van der Waals surface area (Å²) in [7, 11) is 3.91. The maximum Gasteiger partial charge on any atom is 0.0194 e. The van der Waals surface area contributed by atoms with Gasteiger partial charge in [0.05, 0.1) is 0 Å². The fraction of sp³-hybridized carbons (Fsp3) is 0.500. The van der Waals surface area contributed by atoms with Gasteiger partial charge in [-0.3, -0.25) is 0 Å². The van der Waals surface area contributed by atoms with Crippen LogP contribution < -0.4 is 0 Å². The molecule has 0 unspecified atom stereocenters. The van der Waals surface area contributed by atoms with Crippen LogP contribution in [0, 0.1) is 5.41 Å². The number of hydrogen-bond acceptors (Lipinski definition) is 2. The highest BCUT2D eigenvalue weighted by Crippen LogP contribution is 1.91. The molecule has 0 aromatic rings. The summed E-state index contributed by atoms with van der Waals surface area (Å²) in [5, 5.41) is 6.70. The second-order valence-corrected chi connectivity index (χ2v) is 1.87. The molecule has 0 bridgehead atoms. The van der Waals surface area contributed by atoms with Crippen molar-refractivity contribution in [3.8, 4) is 0 Å². The van der Waals surface area contributed by atoms with Crippen LogP contribution in [0.2, 0.25) is 0 Å². The summed E-state index contributed by atoms with van der Waals surface area (Å²) in [6.45, 7) is 1.96. The predicted octanol–water partition coefficient (Wildman–Crippen LogP) is 1.10. The minimum Gasteiger partial charge on any atom is -0.381 e. The first-order valence-corrected chi connectivity index (χ1v) is 2.53. The second kappa shape index (κ2) is 3.24. The van der Waals surface area contributed by atoms with Crippen LogP contribution in [0.3, 0.4) is 0 Å². The average Bonchev–Trinajstić information content (AvgIpc) is 1.67. The lowest BCUT2D eigenvalue weighted by atomic mass is 10.4. The van der Waals surface area contributed by atoms with Gasteiger partial charge in [0.25, 0.3) is 0 Å². The second-order valence-electron chi connectivity index (χ2n) is 1.87. The number of hydrogen-bond donors (Lipinski definition) is 1. The minimum atomic E-state index is 1.10. The molecule has 2 nitrogen and oxygen atoms in total. The van der Waals surface area contributed by atoms with Gasteiger partial charge in [0.2, 0.25) is 0 Å². The monoisotopic (exact) mass is 112 g/mol. The van der Waals surface area contributed by atoms with Gasteiger partial charge in [-0.05, 0) is 13.0 Å². The minimum absolute atomic E-state index is 1.10. The van der Waals surface area contributed by atoms with Crippen molar-refractivity contribution in [2.75, 3.05) is 14.1 Å². The van der Waals surface area contributed by atoms with Crippen molar-refractivity contribution < 1.29 is 0 Å². The fourth-order valence-electron chi connectivity index (χ4n) is 0.270. The van der Waals surface area contributed by atoms with E-state index in [0.29, 0.717) is 0 Å². The Morgan fingerprint density at radius 1 is 1.50 bits per heavy atom. The number of nitrogens with zero attached hydrogens (tertiary/aromatic N) is 1. The highest BCUT2D eigenvalue weighted by atomic mass is 15.1. The van der Waals surface area contributed by atoms with E-state index in [1.807, 2.05) is 25.9 Å². The Labute approximate surface area is 50.3 Å². The molecule has 2 heteroatoms. The number of nitrogens with one attached hydrogen (secondary N) is 1. The van der Waals surface area contributed by atoms with Crippen molar-refractivity contribution in [2.45, 2.75) is 6.92 Å². The van der Waals surface area contributed by atoms with Gasteiger partial charge in [-0.25, -0.2) is 0 Å². The van der Waals surface area contributed by atoms with E-state index in [2.05, 4.69) is 0 Å². The topological polar surface area (TPSA) is 27.1 Å². The molecule has 0 aromatic heterocycles. The van der Waals surface area contributed by atoms with E-state index in [4.69, 9.17) is 5.41 Å². The molecule has 0 spiro atoms. The van der Waals surface area contributed by atoms with E-state index in [1.54, 1.807) is 6.08 Å². The maximum absolute atomic E-state index is 6.70. The molecular weight excluding hydrogens is 100 g/mol. The van der Waals surface area contributed by atoms with E-state index in [1.165, 1.54) is 6.21 Å². The molecule has 0 heterocycles. The van der Waals surface area contributed by atoms with Gasteiger partial charge in [0.1, 0.15) is 0 Å². The van der Waals surface area contributed by atoms with E-state index in [-0.39, 0.29) is 0 Å². The molecule has 0 aliphatic carbocycles. The van der Waals surface area contributed by atoms with Gasteiger partial charge in [-0.2, -0.15) is 0 Å². The van der Waals surface area contributed by atoms with Crippen molar-refractivity contribution in [1.82, 2.24) is 4.90 Å². The van der Waals surface area contributed by atoms with Crippen LogP contribution in [-0.2, 0) is 0 Å². The van der Waals surface area contributed by atoms with E-state index in [0.717, 1.165) is 5.70 Å². The Kier molecular flexibility index (Phi) is 2.92. The molecule has 0 aliphatic rings. The number of allylic oxidation sites excluding steroid dienone is 2. The lowest BCUT2D eigenvalue weighted by Gasteiger charge is -2.10. The Balaban J connectivity index is 3.78. The summed E-state index contributed by atoms with van der Waals surface area (Å²) in [6, 6.07) is 0. The average molecular weight is 112 g/mol. The highest BCUT2D eigenvalue weighted by molar-refractivity contribution is 5.68. The normalized spacial score (nSPS) is 11.1. The quantitative estimate of drug-likeness (QED) is 0.532. The Morgan fingerprint density at radius 3 is 2.12 bits per heavy atom. The van der Waals surface area contributed by atoms with Crippen LogP contribution in [0.1, 0.15) is 6.92 Å². The molecule has 0 rings (SSSR count). The molecule has 0 atom stereocenters. The SMILES string of the molecule is C/C(=C/C=N)N(C)C. The number of rotatable bonds is 2. The lowest BCUT2D eigenvalue weighted by Crippen LogP contribution is -2.07. The summed E-state index contributed by atoms with van der Waals surface area (Å²) in [5.41, 5.74) is 1.10.